The number of likely N-dealkylation sites (tertiary alicyclic amines) is 1. The van der Waals surface area contributed by atoms with Crippen molar-refractivity contribution in [1.29, 1.82) is 0 Å². The van der Waals surface area contributed by atoms with Crippen LogP contribution in [0.1, 0.15) is 36.4 Å². The lowest BCUT2D eigenvalue weighted by molar-refractivity contribution is -0.141. The number of aliphatic hydroxyl groups is 1. The van der Waals surface area contributed by atoms with Crippen molar-refractivity contribution >= 4 is 5.91 Å². The summed E-state index contributed by atoms with van der Waals surface area (Å²) in [5, 5.41) is 9.96. The lowest BCUT2D eigenvalue weighted by Gasteiger charge is -2.30. The van der Waals surface area contributed by atoms with Crippen molar-refractivity contribution in [1.82, 2.24) is 4.90 Å². The maximum atomic E-state index is 12.9. The number of halogens is 3. The molecule has 3 unspecified atom stereocenters. The van der Waals surface area contributed by atoms with Crippen molar-refractivity contribution in [3.8, 4) is 0 Å². The van der Waals surface area contributed by atoms with Crippen LogP contribution < -0.4 is 0 Å². The first-order valence-corrected chi connectivity index (χ1v) is 8.09. The molecule has 3 atom stereocenters. The van der Waals surface area contributed by atoms with Gasteiger partial charge in [-0.15, -0.1) is 0 Å². The molecular formula is C17H20F3NO3. The molecule has 1 aromatic rings. The maximum absolute atomic E-state index is 12.9. The summed E-state index contributed by atoms with van der Waals surface area (Å²) in [6.07, 6.45) is -3.40. The summed E-state index contributed by atoms with van der Waals surface area (Å²) >= 11 is 0. The van der Waals surface area contributed by atoms with Gasteiger partial charge in [-0.25, -0.2) is 0 Å². The molecule has 24 heavy (non-hydrogen) atoms. The van der Waals surface area contributed by atoms with Gasteiger partial charge >= 0.3 is 6.18 Å². The minimum atomic E-state index is -4.43. The predicted molar refractivity (Wildman–Crippen MR) is 80.1 cm³/mol. The molecule has 7 heteroatoms. The average Bonchev–Trinajstić information content (AvgIpc) is 2.96. The van der Waals surface area contributed by atoms with E-state index in [0.29, 0.717) is 25.2 Å². The summed E-state index contributed by atoms with van der Waals surface area (Å²) in [7, 11) is 0. The SMILES string of the molecule is O=C(C1CCCOC1)N1CC(O)CC1c1cccc(C(F)(F)F)c1. The Balaban J connectivity index is 1.84. The first-order valence-electron chi connectivity index (χ1n) is 8.09. The second-order valence-electron chi connectivity index (χ2n) is 6.43. The van der Waals surface area contributed by atoms with Crippen LogP contribution in [0.25, 0.3) is 0 Å². The number of aliphatic hydroxyl groups excluding tert-OH is 1. The van der Waals surface area contributed by atoms with Gasteiger partial charge < -0.3 is 14.7 Å². The number of hydrogen-bond acceptors (Lipinski definition) is 3. The van der Waals surface area contributed by atoms with Crippen molar-refractivity contribution in [3.63, 3.8) is 0 Å². The van der Waals surface area contributed by atoms with Gasteiger partial charge in [0.25, 0.3) is 0 Å². The molecule has 0 spiro atoms. The van der Waals surface area contributed by atoms with Gasteiger partial charge in [-0.05, 0) is 37.0 Å². The van der Waals surface area contributed by atoms with E-state index in [2.05, 4.69) is 0 Å². The molecule has 0 aromatic heterocycles. The van der Waals surface area contributed by atoms with E-state index in [1.54, 1.807) is 6.07 Å². The maximum Gasteiger partial charge on any atom is 0.416 e. The highest BCUT2D eigenvalue weighted by Gasteiger charge is 2.39. The number of rotatable bonds is 2. The van der Waals surface area contributed by atoms with E-state index in [-0.39, 0.29) is 24.8 Å². The third-order valence-corrected chi connectivity index (χ3v) is 4.67. The monoisotopic (exact) mass is 343 g/mol. The molecule has 0 radical (unpaired) electrons. The minimum absolute atomic E-state index is 0.145. The summed E-state index contributed by atoms with van der Waals surface area (Å²) in [5.41, 5.74) is -0.332. The number of nitrogens with zero attached hydrogens (tertiary/aromatic N) is 1. The molecule has 1 amide bonds. The van der Waals surface area contributed by atoms with E-state index in [1.165, 1.54) is 11.0 Å². The number of benzene rings is 1. The standard InChI is InChI=1S/C17H20F3NO3/c18-17(19,20)13-5-1-3-11(7-13)15-8-14(22)9-21(15)16(23)12-4-2-6-24-10-12/h1,3,5,7,12,14-15,22H,2,4,6,8-10H2. The lowest BCUT2D eigenvalue weighted by atomic mass is 9.97. The number of alkyl halides is 3. The Morgan fingerprint density at radius 2 is 2.12 bits per heavy atom. The van der Waals surface area contributed by atoms with Crippen LogP contribution in [0.4, 0.5) is 13.2 Å². The third-order valence-electron chi connectivity index (χ3n) is 4.67. The minimum Gasteiger partial charge on any atom is -0.391 e. The number of amides is 1. The van der Waals surface area contributed by atoms with Crippen molar-refractivity contribution in [2.24, 2.45) is 5.92 Å². The number of hydrogen-bond donors (Lipinski definition) is 1. The topological polar surface area (TPSA) is 49.8 Å². The van der Waals surface area contributed by atoms with Gasteiger partial charge in [-0.2, -0.15) is 13.2 Å². The van der Waals surface area contributed by atoms with E-state index >= 15 is 0 Å². The fraction of sp³-hybridized carbons (Fsp3) is 0.588. The predicted octanol–water partition coefficient (Wildman–Crippen LogP) is 2.77. The van der Waals surface area contributed by atoms with Crippen LogP contribution in [-0.4, -0.2) is 41.8 Å². The van der Waals surface area contributed by atoms with Crippen LogP contribution in [0.3, 0.4) is 0 Å². The van der Waals surface area contributed by atoms with Gasteiger partial charge in [0, 0.05) is 13.2 Å². The Kier molecular flexibility index (Phi) is 4.83. The highest BCUT2D eigenvalue weighted by molar-refractivity contribution is 5.80. The quantitative estimate of drug-likeness (QED) is 0.898. The molecule has 0 bridgehead atoms. The molecule has 2 aliphatic rings. The largest absolute Gasteiger partial charge is 0.416 e. The molecule has 1 N–H and O–H groups in total. The first kappa shape index (κ1) is 17.2. The van der Waals surface area contributed by atoms with Crippen molar-refractivity contribution in [3.05, 3.63) is 35.4 Å². The summed E-state index contributed by atoms with van der Waals surface area (Å²) in [4.78, 5) is 14.2. The highest BCUT2D eigenvalue weighted by Crippen LogP contribution is 2.37. The Morgan fingerprint density at radius 3 is 2.79 bits per heavy atom. The van der Waals surface area contributed by atoms with Crippen LogP contribution in [-0.2, 0) is 15.7 Å². The fourth-order valence-electron chi connectivity index (χ4n) is 3.47. The Bertz CT molecular complexity index is 599. The van der Waals surface area contributed by atoms with Crippen LogP contribution in [0, 0.1) is 5.92 Å². The lowest BCUT2D eigenvalue weighted by Crippen LogP contribution is -2.39. The molecular weight excluding hydrogens is 323 g/mol. The smallest absolute Gasteiger partial charge is 0.391 e. The van der Waals surface area contributed by atoms with Crippen molar-refractivity contribution < 1.29 is 27.8 Å². The van der Waals surface area contributed by atoms with E-state index in [0.717, 1.165) is 18.6 Å². The Hall–Kier alpha value is -1.60. The zero-order valence-corrected chi connectivity index (χ0v) is 13.1. The second kappa shape index (κ2) is 6.72. The summed E-state index contributed by atoms with van der Waals surface area (Å²) in [6, 6.07) is 4.47. The Labute approximate surface area is 138 Å². The number of carbonyl (C=O) groups is 1. The zero-order chi connectivity index (χ0) is 17.3. The van der Waals surface area contributed by atoms with Crippen LogP contribution in [0.15, 0.2) is 24.3 Å². The second-order valence-corrected chi connectivity index (χ2v) is 6.43. The molecule has 132 valence electrons. The first-order chi connectivity index (χ1) is 11.4. The number of ether oxygens (including phenoxy) is 1. The van der Waals surface area contributed by atoms with Crippen molar-refractivity contribution in [2.75, 3.05) is 19.8 Å². The molecule has 2 saturated heterocycles. The summed E-state index contributed by atoms with van der Waals surface area (Å²) in [6.45, 7) is 1.11. The van der Waals surface area contributed by atoms with Crippen LogP contribution >= 0.6 is 0 Å². The highest BCUT2D eigenvalue weighted by atomic mass is 19.4. The van der Waals surface area contributed by atoms with E-state index in [4.69, 9.17) is 4.74 Å². The molecule has 2 aliphatic heterocycles. The van der Waals surface area contributed by atoms with E-state index in [9.17, 15) is 23.1 Å². The van der Waals surface area contributed by atoms with Crippen molar-refractivity contribution in [2.45, 2.75) is 37.6 Å². The van der Waals surface area contributed by atoms with E-state index in [1.807, 2.05) is 0 Å². The molecule has 2 heterocycles. The number of carbonyl (C=O) groups excluding carboxylic acids is 1. The molecule has 4 nitrogen and oxygen atoms in total. The normalized spacial score (nSPS) is 28.2. The molecule has 3 rings (SSSR count). The summed E-state index contributed by atoms with van der Waals surface area (Å²) in [5.74, 6) is -0.425. The van der Waals surface area contributed by atoms with Gasteiger partial charge in [0.15, 0.2) is 0 Å². The van der Waals surface area contributed by atoms with Gasteiger partial charge in [0.2, 0.25) is 5.91 Å². The fourth-order valence-corrected chi connectivity index (χ4v) is 3.47. The van der Waals surface area contributed by atoms with Gasteiger partial charge in [0.1, 0.15) is 0 Å². The Morgan fingerprint density at radius 1 is 1.33 bits per heavy atom. The molecule has 1 aromatic carbocycles. The molecule has 0 aliphatic carbocycles. The van der Waals surface area contributed by atoms with Gasteiger partial charge in [0.05, 0.1) is 30.2 Å². The van der Waals surface area contributed by atoms with Gasteiger partial charge in [-0.3, -0.25) is 4.79 Å². The third kappa shape index (κ3) is 3.57. The summed E-state index contributed by atoms with van der Waals surface area (Å²) < 4.78 is 44.1. The average molecular weight is 343 g/mol. The number of β-amino-alcohol motifs (C(OH)–C–C–N with tert-alkyl or cyclic N) is 1. The van der Waals surface area contributed by atoms with Gasteiger partial charge in [-0.1, -0.05) is 12.1 Å². The van der Waals surface area contributed by atoms with Crippen LogP contribution in [0.5, 0.6) is 0 Å². The van der Waals surface area contributed by atoms with E-state index < -0.39 is 23.9 Å². The molecule has 0 saturated carbocycles. The zero-order valence-electron chi connectivity index (χ0n) is 13.1. The molecule has 2 fully saturated rings. The van der Waals surface area contributed by atoms with Crippen LogP contribution in [0.2, 0.25) is 0 Å².